The first-order valence-corrected chi connectivity index (χ1v) is 6.31. The van der Waals surface area contributed by atoms with E-state index < -0.39 is 30.2 Å². The molecule has 1 amide bonds. The van der Waals surface area contributed by atoms with Crippen LogP contribution in [-0.2, 0) is 11.0 Å². The smallest absolute Gasteiger partial charge is 0.417 e. The molecular weight excluding hydrogens is 289 g/mol. The zero-order chi connectivity index (χ0) is 15.6. The Bertz CT molecular complexity index is 539. The number of carboxylic acids is 1. The largest absolute Gasteiger partial charge is 0.480 e. The van der Waals surface area contributed by atoms with E-state index in [1.54, 1.807) is 0 Å². The van der Waals surface area contributed by atoms with Crippen molar-refractivity contribution in [2.75, 3.05) is 13.1 Å². The molecule has 8 heteroatoms. The van der Waals surface area contributed by atoms with Gasteiger partial charge in [-0.25, -0.2) is 0 Å². The summed E-state index contributed by atoms with van der Waals surface area (Å²) in [5, 5.41) is 8.80. The van der Waals surface area contributed by atoms with Crippen LogP contribution in [0, 0.1) is 5.92 Å². The summed E-state index contributed by atoms with van der Waals surface area (Å²) >= 11 is 0. The van der Waals surface area contributed by atoms with Gasteiger partial charge in [0.2, 0.25) is 0 Å². The van der Waals surface area contributed by atoms with E-state index in [0.29, 0.717) is 6.20 Å². The second-order valence-corrected chi connectivity index (χ2v) is 4.95. The highest BCUT2D eigenvalue weighted by Crippen LogP contribution is 2.30. The fourth-order valence-corrected chi connectivity index (χ4v) is 1.84. The summed E-state index contributed by atoms with van der Waals surface area (Å²) < 4.78 is 37.3. The van der Waals surface area contributed by atoms with Crippen LogP contribution in [0.3, 0.4) is 0 Å². The van der Waals surface area contributed by atoms with Gasteiger partial charge in [0.25, 0.3) is 5.91 Å². The molecule has 5 nitrogen and oxygen atoms in total. The van der Waals surface area contributed by atoms with E-state index in [0.717, 1.165) is 29.9 Å². The summed E-state index contributed by atoms with van der Waals surface area (Å²) in [5.41, 5.74) is -1.14. The number of alkyl halides is 3. The van der Waals surface area contributed by atoms with E-state index in [2.05, 4.69) is 4.98 Å². The van der Waals surface area contributed by atoms with Gasteiger partial charge in [0.15, 0.2) is 0 Å². The van der Waals surface area contributed by atoms with Crippen LogP contribution in [0.25, 0.3) is 0 Å². The Morgan fingerprint density at radius 2 is 2.00 bits per heavy atom. The lowest BCUT2D eigenvalue weighted by Crippen LogP contribution is -2.37. The monoisotopic (exact) mass is 302 g/mol. The minimum absolute atomic E-state index is 0.190. The van der Waals surface area contributed by atoms with Crippen molar-refractivity contribution in [3.05, 3.63) is 29.6 Å². The topological polar surface area (TPSA) is 70.5 Å². The van der Waals surface area contributed by atoms with Crippen molar-refractivity contribution in [2.45, 2.75) is 19.0 Å². The van der Waals surface area contributed by atoms with Crippen LogP contribution < -0.4 is 0 Å². The summed E-state index contributed by atoms with van der Waals surface area (Å²) in [7, 11) is 0. The molecule has 0 bridgehead atoms. The lowest BCUT2D eigenvalue weighted by atomic mass is 10.2. The summed E-state index contributed by atoms with van der Waals surface area (Å²) in [5.74, 6) is -1.57. The van der Waals surface area contributed by atoms with E-state index in [1.165, 1.54) is 0 Å². The molecule has 0 aromatic carbocycles. The van der Waals surface area contributed by atoms with Crippen LogP contribution in [0.1, 0.15) is 28.9 Å². The first kappa shape index (κ1) is 15.3. The molecule has 114 valence electrons. The van der Waals surface area contributed by atoms with Crippen LogP contribution in [-0.4, -0.2) is 40.0 Å². The number of carbonyl (C=O) groups excluding carboxylic acids is 1. The molecule has 1 aliphatic carbocycles. The highest BCUT2D eigenvalue weighted by Gasteiger charge is 2.32. The first-order chi connectivity index (χ1) is 9.77. The average Bonchev–Trinajstić information content (AvgIpc) is 3.20. The normalized spacial score (nSPS) is 14.8. The van der Waals surface area contributed by atoms with Crippen molar-refractivity contribution in [3.63, 3.8) is 0 Å². The van der Waals surface area contributed by atoms with Gasteiger partial charge in [0, 0.05) is 12.7 Å². The zero-order valence-electron chi connectivity index (χ0n) is 10.9. The van der Waals surface area contributed by atoms with E-state index >= 15 is 0 Å². The molecule has 0 atom stereocenters. The predicted molar refractivity (Wildman–Crippen MR) is 65.5 cm³/mol. The number of carbonyl (C=O) groups is 2. The number of aliphatic carboxylic acids is 1. The Balaban J connectivity index is 2.13. The molecule has 1 N–H and O–H groups in total. The molecule has 0 spiro atoms. The summed E-state index contributed by atoms with van der Waals surface area (Å²) in [6.07, 6.45) is -2.11. The minimum Gasteiger partial charge on any atom is -0.480 e. The standard InChI is InChI=1S/C13H13F3N2O3/c14-13(15,16)9-3-4-10(17-5-9)12(21)18(7-11(19)20)6-8-1-2-8/h3-5,8H,1-2,6-7H2,(H,19,20). The van der Waals surface area contributed by atoms with Crippen LogP contribution in [0.5, 0.6) is 0 Å². The molecule has 0 aliphatic heterocycles. The third-order valence-electron chi connectivity index (χ3n) is 3.10. The third kappa shape index (κ3) is 4.17. The molecule has 1 aromatic heterocycles. The van der Waals surface area contributed by atoms with Crippen LogP contribution >= 0.6 is 0 Å². The molecular formula is C13H13F3N2O3. The Kier molecular flexibility index (Phi) is 4.15. The van der Waals surface area contributed by atoms with E-state index in [1.807, 2.05) is 0 Å². The first-order valence-electron chi connectivity index (χ1n) is 6.31. The maximum absolute atomic E-state index is 12.4. The number of hydrogen-bond donors (Lipinski definition) is 1. The van der Waals surface area contributed by atoms with Crippen molar-refractivity contribution in [1.29, 1.82) is 0 Å². The van der Waals surface area contributed by atoms with Crippen molar-refractivity contribution in [2.24, 2.45) is 5.92 Å². The molecule has 1 fully saturated rings. The Labute approximate surface area is 118 Å². The number of nitrogens with zero attached hydrogens (tertiary/aromatic N) is 2. The lowest BCUT2D eigenvalue weighted by Gasteiger charge is -2.20. The quantitative estimate of drug-likeness (QED) is 0.903. The maximum atomic E-state index is 12.4. The van der Waals surface area contributed by atoms with E-state index in [-0.39, 0.29) is 18.2 Å². The molecule has 1 aromatic rings. The molecule has 1 saturated carbocycles. The number of amides is 1. The fourth-order valence-electron chi connectivity index (χ4n) is 1.84. The highest BCUT2D eigenvalue weighted by molar-refractivity contribution is 5.94. The minimum atomic E-state index is -4.52. The van der Waals surface area contributed by atoms with Crippen molar-refractivity contribution < 1.29 is 27.9 Å². The summed E-state index contributed by atoms with van der Waals surface area (Å²) in [6.45, 7) is -0.203. The van der Waals surface area contributed by atoms with Gasteiger partial charge >= 0.3 is 12.1 Å². The van der Waals surface area contributed by atoms with Crippen molar-refractivity contribution >= 4 is 11.9 Å². The molecule has 0 radical (unpaired) electrons. The van der Waals surface area contributed by atoms with Gasteiger partial charge in [-0.2, -0.15) is 13.2 Å². The molecule has 21 heavy (non-hydrogen) atoms. The maximum Gasteiger partial charge on any atom is 0.417 e. The van der Waals surface area contributed by atoms with Gasteiger partial charge in [-0.3, -0.25) is 14.6 Å². The number of carboxylic acid groups (broad SMARTS) is 1. The third-order valence-corrected chi connectivity index (χ3v) is 3.10. The molecule has 2 rings (SSSR count). The average molecular weight is 302 g/mol. The lowest BCUT2D eigenvalue weighted by molar-refractivity contribution is -0.138. The molecule has 0 saturated heterocycles. The number of pyridine rings is 1. The van der Waals surface area contributed by atoms with Gasteiger partial charge in [-0.05, 0) is 30.9 Å². The predicted octanol–water partition coefficient (Wildman–Crippen LogP) is 2.04. The fraction of sp³-hybridized carbons (Fsp3) is 0.462. The van der Waals surface area contributed by atoms with E-state index in [4.69, 9.17) is 5.11 Å². The van der Waals surface area contributed by atoms with Crippen LogP contribution in [0.15, 0.2) is 18.3 Å². The Morgan fingerprint density at radius 1 is 1.33 bits per heavy atom. The molecule has 0 unspecified atom stereocenters. The van der Waals surface area contributed by atoms with Gasteiger partial charge in [-0.1, -0.05) is 0 Å². The van der Waals surface area contributed by atoms with Gasteiger partial charge in [0.1, 0.15) is 12.2 Å². The van der Waals surface area contributed by atoms with E-state index in [9.17, 15) is 22.8 Å². The Morgan fingerprint density at radius 3 is 2.43 bits per heavy atom. The SMILES string of the molecule is O=C(O)CN(CC1CC1)C(=O)c1ccc(C(F)(F)F)cn1. The van der Waals surface area contributed by atoms with Crippen molar-refractivity contribution in [1.82, 2.24) is 9.88 Å². The molecule has 1 aliphatic rings. The van der Waals surface area contributed by atoms with Gasteiger partial charge in [0.05, 0.1) is 5.56 Å². The Hall–Kier alpha value is -2.12. The van der Waals surface area contributed by atoms with Crippen LogP contribution in [0.4, 0.5) is 13.2 Å². The summed E-state index contributed by atoms with van der Waals surface area (Å²) in [4.78, 5) is 27.5. The van der Waals surface area contributed by atoms with Gasteiger partial charge < -0.3 is 10.0 Å². The van der Waals surface area contributed by atoms with Gasteiger partial charge in [-0.15, -0.1) is 0 Å². The highest BCUT2D eigenvalue weighted by atomic mass is 19.4. The second kappa shape index (κ2) is 5.71. The van der Waals surface area contributed by atoms with Crippen molar-refractivity contribution in [3.8, 4) is 0 Å². The van der Waals surface area contributed by atoms with Crippen LogP contribution in [0.2, 0.25) is 0 Å². The number of rotatable bonds is 5. The summed E-state index contributed by atoms with van der Waals surface area (Å²) in [6, 6.07) is 1.73. The zero-order valence-corrected chi connectivity index (χ0v) is 10.9. The second-order valence-electron chi connectivity index (χ2n) is 4.95. The number of aromatic nitrogens is 1. The number of halogens is 3. The number of hydrogen-bond acceptors (Lipinski definition) is 3. The molecule has 1 heterocycles.